The minimum Gasteiger partial charge on any atom is -0.323 e. The molecule has 0 radical (unpaired) electrons. The van der Waals surface area contributed by atoms with Crippen LogP contribution in [-0.2, 0) is 0 Å². The van der Waals surface area contributed by atoms with Crippen molar-refractivity contribution in [2.45, 2.75) is 12.5 Å². The molecule has 0 aliphatic carbocycles. The maximum absolute atomic E-state index is 5.82. The molecule has 0 aliphatic rings. The Labute approximate surface area is 83.7 Å². The number of nitrogens with two attached hydrogens (primary N) is 1. The van der Waals surface area contributed by atoms with Crippen molar-refractivity contribution >= 4 is 38.9 Å². The van der Waals surface area contributed by atoms with Gasteiger partial charge < -0.3 is 5.73 Å². The summed E-state index contributed by atoms with van der Waals surface area (Å²) < 4.78 is 1.10. The zero-order chi connectivity index (χ0) is 8.27. The number of rotatable bonds is 3. The van der Waals surface area contributed by atoms with Crippen LogP contribution >= 0.6 is 38.9 Å². The van der Waals surface area contributed by atoms with Gasteiger partial charge in [-0.3, -0.25) is 0 Å². The van der Waals surface area contributed by atoms with Gasteiger partial charge >= 0.3 is 0 Å². The number of hydrogen-bond acceptors (Lipinski definition) is 2. The second kappa shape index (κ2) is 4.45. The Morgan fingerprint density at radius 1 is 1.73 bits per heavy atom. The molecule has 62 valence electrons. The topological polar surface area (TPSA) is 26.0 Å². The lowest BCUT2D eigenvalue weighted by Crippen LogP contribution is -2.08. The Morgan fingerprint density at radius 2 is 2.45 bits per heavy atom. The van der Waals surface area contributed by atoms with Crippen molar-refractivity contribution in [3.8, 4) is 0 Å². The van der Waals surface area contributed by atoms with Crippen molar-refractivity contribution < 1.29 is 0 Å². The van der Waals surface area contributed by atoms with Crippen molar-refractivity contribution in [2.75, 3.05) is 5.88 Å². The average molecular weight is 255 g/mol. The van der Waals surface area contributed by atoms with Crippen molar-refractivity contribution in [3.05, 3.63) is 20.8 Å². The summed E-state index contributed by atoms with van der Waals surface area (Å²) in [6, 6.07) is 2.14. The monoisotopic (exact) mass is 253 g/mol. The third kappa shape index (κ3) is 2.75. The zero-order valence-corrected chi connectivity index (χ0v) is 9.05. The SMILES string of the molecule is NC(CCCl)c1cc(Br)cs1. The Hall–Kier alpha value is 0.430. The summed E-state index contributed by atoms with van der Waals surface area (Å²) in [7, 11) is 0. The second-order valence-corrected chi connectivity index (χ2v) is 4.49. The molecular formula is C7H9BrClNS. The summed E-state index contributed by atoms with van der Waals surface area (Å²) in [6.45, 7) is 0. The highest BCUT2D eigenvalue weighted by molar-refractivity contribution is 9.10. The van der Waals surface area contributed by atoms with Gasteiger partial charge in [-0.2, -0.15) is 0 Å². The van der Waals surface area contributed by atoms with Crippen molar-refractivity contribution in [3.63, 3.8) is 0 Å². The van der Waals surface area contributed by atoms with Gasteiger partial charge in [0.25, 0.3) is 0 Å². The van der Waals surface area contributed by atoms with Gasteiger partial charge in [0, 0.05) is 26.7 Å². The average Bonchev–Trinajstić information content (AvgIpc) is 2.36. The van der Waals surface area contributed by atoms with E-state index in [9.17, 15) is 0 Å². The van der Waals surface area contributed by atoms with Crippen LogP contribution in [0.5, 0.6) is 0 Å². The van der Waals surface area contributed by atoms with Gasteiger partial charge in [0.15, 0.2) is 0 Å². The van der Waals surface area contributed by atoms with Gasteiger partial charge in [0.1, 0.15) is 0 Å². The first kappa shape index (κ1) is 9.52. The highest BCUT2D eigenvalue weighted by Crippen LogP contribution is 2.25. The maximum Gasteiger partial charge on any atom is 0.0401 e. The molecule has 11 heavy (non-hydrogen) atoms. The minimum atomic E-state index is 0.101. The van der Waals surface area contributed by atoms with Crippen LogP contribution in [0.1, 0.15) is 17.3 Å². The van der Waals surface area contributed by atoms with Gasteiger partial charge in [-0.15, -0.1) is 22.9 Å². The molecule has 1 heterocycles. The number of halogens is 2. The Bertz CT molecular complexity index is 226. The summed E-state index contributed by atoms with van der Waals surface area (Å²) >= 11 is 10.6. The quantitative estimate of drug-likeness (QED) is 0.824. The van der Waals surface area contributed by atoms with Crippen LogP contribution in [0.3, 0.4) is 0 Å². The second-order valence-electron chi connectivity index (χ2n) is 2.25. The van der Waals surface area contributed by atoms with Crippen LogP contribution in [0.25, 0.3) is 0 Å². The molecule has 1 rings (SSSR count). The van der Waals surface area contributed by atoms with Crippen molar-refractivity contribution in [2.24, 2.45) is 5.73 Å². The van der Waals surface area contributed by atoms with E-state index in [0.717, 1.165) is 10.9 Å². The number of thiophene rings is 1. The third-order valence-electron chi connectivity index (χ3n) is 1.37. The van der Waals surface area contributed by atoms with Crippen molar-refractivity contribution in [1.82, 2.24) is 0 Å². The fraction of sp³-hybridized carbons (Fsp3) is 0.429. The van der Waals surface area contributed by atoms with E-state index < -0.39 is 0 Å². The molecule has 0 amide bonds. The molecule has 0 fully saturated rings. The fourth-order valence-electron chi connectivity index (χ4n) is 0.783. The van der Waals surface area contributed by atoms with Gasteiger partial charge in [-0.25, -0.2) is 0 Å². The zero-order valence-electron chi connectivity index (χ0n) is 5.89. The van der Waals surface area contributed by atoms with E-state index in [0.29, 0.717) is 5.88 Å². The standard InChI is InChI=1S/C7H9BrClNS/c8-5-3-7(11-4-5)6(10)1-2-9/h3-4,6H,1-2,10H2. The van der Waals surface area contributed by atoms with Crippen molar-refractivity contribution in [1.29, 1.82) is 0 Å². The van der Waals surface area contributed by atoms with E-state index >= 15 is 0 Å². The van der Waals surface area contributed by atoms with Crippen LogP contribution in [-0.4, -0.2) is 5.88 Å². The van der Waals surface area contributed by atoms with Crippen LogP contribution in [0, 0.1) is 0 Å². The van der Waals surface area contributed by atoms with Gasteiger partial charge in [-0.1, -0.05) is 0 Å². The molecule has 1 aromatic heterocycles. The lowest BCUT2D eigenvalue weighted by Gasteiger charge is -2.04. The summed E-state index contributed by atoms with van der Waals surface area (Å²) in [5, 5.41) is 2.03. The highest BCUT2D eigenvalue weighted by Gasteiger charge is 2.06. The molecule has 0 saturated heterocycles. The predicted octanol–water partition coefficient (Wildman–Crippen LogP) is 3.14. The van der Waals surface area contributed by atoms with Crippen LogP contribution < -0.4 is 5.73 Å². The first-order chi connectivity index (χ1) is 5.24. The molecule has 1 unspecified atom stereocenters. The molecule has 0 spiro atoms. The molecule has 1 atom stereocenters. The Morgan fingerprint density at radius 3 is 2.91 bits per heavy atom. The Balaban J connectivity index is 2.60. The van der Waals surface area contributed by atoms with E-state index in [1.165, 1.54) is 4.88 Å². The van der Waals surface area contributed by atoms with Gasteiger partial charge in [0.2, 0.25) is 0 Å². The van der Waals surface area contributed by atoms with E-state index in [2.05, 4.69) is 15.9 Å². The number of alkyl halides is 1. The summed E-state index contributed by atoms with van der Waals surface area (Å²) in [5.74, 6) is 0.622. The molecule has 0 aliphatic heterocycles. The predicted molar refractivity (Wildman–Crippen MR) is 54.3 cm³/mol. The third-order valence-corrected chi connectivity index (χ3v) is 3.42. The molecule has 0 aromatic carbocycles. The number of hydrogen-bond donors (Lipinski definition) is 1. The van der Waals surface area contributed by atoms with Crippen LogP contribution in [0.15, 0.2) is 15.9 Å². The first-order valence-corrected chi connectivity index (χ1v) is 5.50. The minimum absolute atomic E-state index is 0.101. The molecule has 1 nitrogen and oxygen atoms in total. The van der Waals surface area contributed by atoms with E-state index in [1.807, 2.05) is 11.4 Å². The molecule has 2 N–H and O–H groups in total. The van der Waals surface area contributed by atoms with E-state index in [-0.39, 0.29) is 6.04 Å². The van der Waals surface area contributed by atoms with E-state index in [4.69, 9.17) is 17.3 Å². The molecule has 0 saturated carbocycles. The summed E-state index contributed by atoms with van der Waals surface area (Å²) in [6.07, 6.45) is 0.842. The smallest absolute Gasteiger partial charge is 0.0401 e. The first-order valence-electron chi connectivity index (χ1n) is 3.29. The molecule has 1 aromatic rings. The highest BCUT2D eigenvalue weighted by atomic mass is 79.9. The summed E-state index contributed by atoms with van der Waals surface area (Å²) in [4.78, 5) is 1.19. The van der Waals surface area contributed by atoms with E-state index in [1.54, 1.807) is 11.3 Å². The van der Waals surface area contributed by atoms with Gasteiger partial charge in [0.05, 0.1) is 0 Å². The largest absolute Gasteiger partial charge is 0.323 e. The normalized spacial score (nSPS) is 13.4. The maximum atomic E-state index is 5.82. The summed E-state index contributed by atoms with van der Waals surface area (Å²) in [5.41, 5.74) is 5.82. The Kier molecular flexibility index (Phi) is 3.85. The molecule has 4 heteroatoms. The molecular weight excluding hydrogens is 246 g/mol. The van der Waals surface area contributed by atoms with Crippen LogP contribution in [0.2, 0.25) is 0 Å². The fourth-order valence-corrected chi connectivity index (χ4v) is 2.50. The van der Waals surface area contributed by atoms with Gasteiger partial charge in [-0.05, 0) is 28.4 Å². The lowest BCUT2D eigenvalue weighted by molar-refractivity contribution is 0.716. The lowest BCUT2D eigenvalue weighted by atomic mass is 10.2. The van der Waals surface area contributed by atoms with Crippen LogP contribution in [0.4, 0.5) is 0 Å². The molecule has 0 bridgehead atoms.